The van der Waals surface area contributed by atoms with Crippen LogP contribution in [0.1, 0.15) is 58.3 Å². The molecule has 2 rings (SSSR count). The average molecular weight is 227 g/mol. The predicted molar refractivity (Wildman–Crippen MR) is 69.6 cm³/mol. The van der Waals surface area contributed by atoms with E-state index in [4.69, 9.17) is 0 Å². The van der Waals surface area contributed by atoms with Crippen LogP contribution in [0, 0.1) is 0 Å². The highest BCUT2D eigenvalue weighted by molar-refractivity contribution is 7.99. The SMILES string of the molecule is CC1SCCCC1NC1CCCCCC1. The second kappa shape index (κ2) is 6.15. The highest BCUT2D eigenvalue weighted by Crippen LogP contribution is 2.27. The number of hydrogen-bond donors (Lipinski definition) is 1. The highest BCUT2D eigenvalue weighted by Gasteiger charge is 2.24. The van der Waals surface area contributed by atoms with Gasteiger partial charge in [-0.3, -0.25) is 0 Å². The Morgan fingerprint density at radius 3 is 2.33 bits per heavy atom. The number of rotatable bonds is 2. The molecule has 2 unspecified atom stereocenters. The molecule has 15 heavy (non-hydrogen) atoms. The first-order valence-electron chi connectivity index (χ1n) is 6.74. The van der Waals surface area contributed by atoms with E-state index >= 15 is 0 Å². The van der Waals surface area contributed by atoms with Crippen LogP contribution in [0.3, 0.4) is 0 Å². The zero-order chi connectivity index (χ0) is 10.5. The lowest BCUT2D eigenvalue weighted by atomic mass is 10.0. The first-order chi connectivity index (χ1) is 7.36. The van der Waals surface area contributed by atoms with Crippen molar-refractivity contribution in [2.75, 3.05) is 5.75 Å². The molecule has 2 aliphatic rings. The first kappa shape index (κ1) is 11.8. The van der Waals surface area contributed by atoms with Gasteiger partial charge in [0.25, 0.3) is 0 Å². The van der Waals surface area contributed by atoms with Crippen molar-refractivity contribution < 1.29 is 0 Å². The van der Waals surface area contributed by atoms with E-state index in [0.29, 0.717) is 0 Å². The molecule has 0 radical (unpaired) electrons. The Bertz CT molecular complexity index is 175. The topological polar surface area (TPSA) is 12.0 Å². The van der Waals surface area contributed by atoms with Gasteiger partial charge < -0.3 is 5.32 Å². The van der Waals surface area contributed by atoms with Crippen molar-refractivity contribution in [2.24, 2.45) is 0 Å². The van der Waals surface area contributed by atoms with Crippen LogP contribution >= 0.6 is 11.8 Å². The minimum Gasteiger partial charge on any atom is -0.310 e. The largest absolute Gasteiger partial charge is 0.310 e. The van der Waals surface area contributed by atoms with Crippen molar-refractivity contribution in [3.63, 3.8) is 0 Å². The lowest BCUT2D eigenvalue weighted by Crippen LogP contribution is -2.44. The number of thioether (sulfide) groups is 1. The normalized spacial score (nSPS) is 35.0. The molecule has 1 saturated heterocycles. The van der Waals surface area contributed by atoms with E-state index in [1.807, 2.05) is 0 Å². The van der Waals surface area contributed by atoms with Crippen molar-refractivity contribution in [2.45, 2.75) is 75.6 Å². The molecule has 88 valence electrons. The van der Waals surface area contributed by atoms with Gasteiger partial charge in [0.2, 0.25) is 0 Å². The molecule has 0 amide bonds. The molecule has 0 aromatic rings. The van der Waals surface area contributed by atoms with Gasteiger partial charge in [-0.05, 0) is 31.4 Å². The Kier molecular flexibility index (Phi) is 4.83. The molecule has 1 nitrogen and oxygen atoms in total. The monoisotopic (exact) mass is 227 g/mol. The molecule has 2 heteroatoms. The van der Waals surface area contributed by atoms with E-state index in [9.17, 15) is 0 Å². The second-order valence-electron chi connectivity index (χ2n) is 5.18. The van der Waals surface area contributed by atoms with Gasteiger partial charge in [-0.25, -0.2) is 0 Å². The van der Waals surface area contributed by atoms with Gasteiger partial charge >= 0.3 is 0 Å². The number of hydrogen-bond acceptors (Lipinski definition) is 2. The van der Waals surface area contributed by atoms with E-state index < -0.39 is 0 Å². The van der Waals surface area contributed by atoms with Gasteiger partial charge in [0.1, 0.15) is 0 Å². The van der Waals surface area contributed by atoms with E-state index in [2.05, 4.69) is 24.0 Å². The second-order valence-corrected chi connectivity index (χ2v) is 6.66. The Morgan fingerprint density at radius 1 is 0.933 bits per heavy atom. The maximum absolute atomic E-state index is 3.93. The summed E-state index contributed by atoms with van der Waals surface area (Å²) in [4.78, 5) is 0. The third-order valence-electron chi connectivity index (χ3n) is 3.91. The van der Waals surface area contributed by atoms with Gasteiger partial charge in [-0.2, -0.15) is 11.8 Å². The summed E-state index contributed by atoms with van der Waals surface area (Å²) in [5, 5.41) is 4.76. The van der Waals surface area contributed by atoms with Crippen molar-refractivity contribution in [3.05, 3.63) is 0 Å². The van der Waals surface area contributed by atoms with Crippen LogP contribution in [-0.2, 0) is 0 Å². The molecular formula is C13H25NS. The molecule has 1 N–H and O–H groups in total. The predicted octanol–water partition coefficient (Wildman–Crippen LogP) is 3.58. The summed E-state index contributed by atoms with van der Waals surface area (Å²) in [7, 11) is 0. The molecule has 2 fully saturated rings. The minimum atomic E-state index is 0.798. The molecule has 1 saturated carbocycles. The Hall–Kier alpha value is 0.310. The van der Waals surface area contributed by atoms with Crippen molar-refractivity contribution in [1.82, 2.24) is 5.32 Å². The fraction of sp³-hybridized carbons (Fsp3) is 1.00. The maximum Gasteiger partial charge on any atom is 0.0186 e. The summed E-state index contributed by atoms with van der Waals surface area (Å²) in [6.07, 6.45) is 11.5. The number of nitrogens with one attached hydrogen (secondary N) is 1. The van der Waals surface area contributed by atoms with Crippen LogP contribution in [0.5, 0.6) is 0 Å². The molecule has 0 aromatic carbocycles. The lowest BCUT2D eigenvalue weighted by molar-refractivity contribution is 0.369. The maximum atomic E-state index is 3.93. The van der Waals surface area contributed by atoms with Crippen molar-refractivity contribution >= 4 is 11.8 Å². The summed E-state index contributed by atoms with van der Waals surface area (Å²) < 4.78 is 0. The van der Waals surface area contributed by atoms with Gasteiger partial charge in [0.15, 0.2) is 0 Å². The van der Waals surface area contributed by atoms with Crippen LogP contribution in [0.2, 0.25) is 0 Å². The third-order valence-corrected chi connectivity index (χ3v) is 5.29. The fourth-order valence-electron chi connectivity index (χ4n) is 2.89. The quantitative estimate of drug-likeness (QED) is 0.724. The summed E-state index contributed by atoms with van der Waals surface area (Å²) in [6, 6.07) is 1.63. The summed E-state index contributed by atoms with van der Waals surface area (Å²) in [5.41, 5.74) is 0. The van der Waals surface area contributed by atoms with Gasteiger partial charge in [-0.15, -0.1) is 0 Å². The molecule has 2 atom stereocenters. The standard InChI is InChI=1S/C13H25NS/c1-11-13(9-6-10-15-11)14-12-7-4-2-3-5-8-12/h11-14H,2-10H2,1H3. The van der Waals surface area contributed by atoms with Gasteiger partial charge in [0.05, 0.1) is 0 Å². The molecular weight excluding hydrogens is 202 g/mol. The Morgan fingerprint density at radius 2 is 1.67 bits per heavy atom. The molecule has 1 heterocycles. The van der Waals surface area contributed by atoms with Crippen LogP contribution in [0.15, 0.2) is 0 Å². The summed E-state index contributed by atoms with van der Waals surface area (Å²) >= 11 is 2.16. The lowest BCUT2D eigenvalue weighted by Gasteiger charge is -2.32. The Balaban J connectivity index is 1.78. The van der Waals surface area contributed by atoms with E-state index in [1.165, 1.54) is 57.1 Å². The van der Waals surface area contributed by atoms with Crippen LogP contribution in [-0.4, -0.2) is 23.1 Å². The molecule has 0 bridgehead atoms. The van der Waals surface area contributed by atoms with E-state index in [0.717, 1.165) is 17.3 Å². The van der Waals surface area contributed by atoms with E-state index in [-0.39, 0.29) is 0 Å². The summed E-state index contributed by atoms with van der Waals surface area (Å²) in [5.74, 6) is 1.38. The van der Waals surface area contributed by atoms with Gasteiger partial charge in [-0.1, -0.05) is 32.6 Å². The molecule has 0 spiro atoms. The van der Waals surface area contributed by atoms with Crippen molar-refractivity contribution in [1.29, 1.82) is 0 Å². The zero-order valence-corrected chi connectivity index (χ0v) is 10.8. The first-order valence-corrected chi connectivity index (χ1v) is 7.79. The molecule has 1 aliphatic carbocycles. The average Bonchev–Trinajstić information content (AvgIpc) is 2.50. The van der Waals surface area contributed by atoms with Crippen LogP contribution in [0.4, 0.5) is 0 Å². The Labute approximate surface area is 98.8 Å². The fourth-order valence-corrected chi connectivity index (χ4v) is 4.04. The van der Waals surface area contributed by atoms with Crippen LogP contribution < -0.4 is 5.32 Å². The smallest absolute Gasteiger partial charge is 0.0186 e. The van der Waals surface area contributed by atoms with Crippen molar-refractivity contribution in [3.8, 4) is 0 Å². The minimum absolute atomic E-state index is 0.798. The zero-order valence-electron chi connectivity index (χ0n) is 10.0. The van der Waals surface area contributed by atoms with E-state index in [1.54, 1.807) is 0 Å². The van der Waals surface area contributed by atoms with Gasteiger partial charge in [0, 0.05) is 17.3 Å². The third kappa shape index (κ3) is 3.67. The summed E-state index contributed by atoms with van der Waals surface area (Å²) in [6.45, 7) is 2.40. The molecule has 1 aliphatic heterocycles. The van der Waals surface area contributed by atoms with Crippen LogP contribution in [0.25, 0.3) is 0 Å². The highest BCUT2D eigenvalue weighted by atomic mass is 32.2. The molecule has 0 aromatic heterocycles.